The molecule has 2 amide bonds. The molecule has 1 aromatic rings. The molecule has 0 spiro atoms. The molecule has 0 aromatic heterocycles. The van der Waals surface area contributed by atoms with E-state index in [-0.39, 0.29) is 25.5 Å². The third kappa shape index (κ3) is 4.70. The van der Waals surface area contributed by atoms with Crippen LogP contribution < -0.4 is 5.32 Å². The van der Waals surface area contributed by atoms with E-state index in [1.54, 1.807) is 36.1 Å². The lowest BCUT2D eigenvalue weighted by molar-refractivity contribution is -0.185. The van der Waals surface area contributed by atoms with Gasteiger partial charge >= 0.3 is 12.1 Å². The SMILES string of the molecule is C[C@H](C(=O)Nc1ccccc1)N1CCCN(C(=O)C(F)(F)F)CC1. The molecule has 1 N–H and O–H groups in total. The summed E-state index contributed by atoms with van der Waals surface area (Å²) < 4.78 is 37.6. The summed E-state index contributed by atoms with van der Waals surface area (Å²) >= 11 is 0. The monoisotopic (exact) mass is 343 g/mol. The first-order chi connectivity index (χ1) is 11.3. The number of amides is 2. The number of nitrogens with one attached hydrogen (secondary N) is 1. The van der Waals surface area contributed by atoms with Crippen LogP contribution in [0.15, 0.2) is 30.3 Å². The molecule has 1 saturated heterocycles. The first-order valence-electron chi connectivity index (χ1n) is 7.75. The van der Waals surface area contributed by atoms with Gasteiger partial charge in [0.05, 0.1) is 6.04 Å². The maximum Gasteiger partial charge on any atom is 0.471 e. The summed E-state index contributed by atoms with van der Waals surface area (Å²) in [4.78, 5) is 26.2. The molecule has 0 radical (unpaired) electrons. The Morgan fingerprint density at radius 3 is 2.38 bits per heavy atom. The molecule has 1 aliphatic rings. The zero-order valence-corrected chi connectivity index (χ0v) is 13.3. The van der Waals surface area contributed by atoms with Crippen molar-refractivity contribution in [1.82, 2.24) is 9.80 Å². The van der Waals surface area contributed by atoms with Gasteiger partial charge in [-0.3, -0.25) is 14.5 Å². The fraction of sp³-hybridized carbons (Fsp3) is 0.500. The molecular weight excluding hydrogens is 323 g/mol. The van der Waals surface area contributed by atoms with Crippen LogP contribution in [0.2, 0.25) is 0 Å². The Labute approximate surface area is 138 Å². The van der Waals surface area contributed by atoms with E-state index in [1.807, 2.05) is 6.07 Å². The highest BCUT2D eigenvalue weighted by atomic mass is 19.4. The second-order valence-corrected chi connectivity index (χ2v) is 5.71. The topological polar surface area (TPSA) is 52.7 Å². The van der Waals surface area contributed by atoms with Crippen LogP contribution in [0.4, 0.5) is 18.9 Å². The number of hydrogen-bond acceptors (Lipinski definition) is 3. The second kappa shape index (κ2) is 7.65. The smallest absolute Gasteiger partial charge is 0.334 e. The van der Waals surface area contributed by atoms with Gasteiger partial charge in [0, 0.05) is 31.9 Å². The minimum atomic E-state index is -4.86. The maximum absolute atomic E-state index is 12.5. The average Bonchev–Trinajstić information content (AvgIpc) is 2.79. The molecule has 8 heteroatoms. The van der Waals surface area contributed by atoms with Crippen LogP contribution >= 0.6 is 0 Å². The molecule has 1 fully saturated rings. The first-order valence-corrected chi connectivity index (χ1v) is 7.75. The van der Waals surface area contributed by atoms with E-state index < -0.39 is 18.1 Å². The Morgan fingerprint density at radius 1 is 1.08 bits per heavy atom. The van der Waals surface area contributed by atoms with Crippen molar-refractivity contribution >= 4 is 17.5 Å². The molecule has 2 rings (SSSR count). The van der Waals surface area contributed by atoms with Crippen LogP contribution in [0.5, 0.6) is 0 Å². The molecule has 0 aliphatic carbocycles. The Kier molecular flexibility index (Phi) is 5.82. The molecule has 24 heavy (non-hydrogen) atoms. The van der Waals surface area contributed by atoms with E-state index >= 15 is 0 Å². The zero-order chi connectivity index (χ0) is 17.7. The number of carbonyl (C=O) groups excluding carboxylic acids is 2. The molecule has 0 bridgehead atoms. The Bertz CT molecular complexity index is 578. The van der Waals surface area contributed by atoms with Gasteiger partial charge in [0.2, 0.25) is 5.91 Å². The van der Waals surface area contributed by atoms with Crippen molar-refractivity contribution in [3.05, 3.63) is 30.3 Å². The van der Waals surface area contributed by atoms with Crippen molar-refractivity contribution in [3.63, 3.8) is 0 Å². The summed E-state index contributed by atoms with van der Waals surface area (Å²) in [7, 11) is 0. The Balaban J connectivity index is 1.93. The molecule has 0 saturated carbocycles. The number of halogens is 3. The standard InChI is InChI=1S/C16H20F3N3O2/c1-12(14(23)20-13-6-3-2-4-7-13)21-8-5-9-22(11-10-21)15(24)16(17,18)19/h2-4,6-7,12H,5,8-11H2,1H3,(H,20,23)/t12-/m1/s1. The number of para-hydroxylation sites is 1. The predicted molar refractivity (Wildman–Crippen MR) is 83.4 cm³/mol. The van der Waals surface area contributed by atoms with Crippen molar-refractivity contribution in [2.75, 3.05) is 31.5 Å². The van der Waals surface area contributed by atoms with E-state index in [2.05, 4.69) is 5.32 Å². The van der Waals surface area contributed by atoms with Gasteiger partial charge in [0.25, 0.3) is 0 Å². The van der Waals surface area contributed by atoms with Gasteiger partial charge in [-0.05, 0) is 25.5 Å². The number of nitrogens with zero attached hydrogens (tertiary/aromatic N) is 2. The highest BCUT2D eigenvalue weighted by Gasteiger charge is 2.42. The molecule has 1 aromatic carbocycles. The second-order valence-electron chi connectivity index (χ2n) is 5.71. The van der Waals surface area contributed by atoms with Gasteiger partial charge < -0.3 is 10.2 Å². The average molecular weight is 343 g/mol. The van der Waals surface area contributed by atoms with Gasteiger partial charge in [0.1, 0.15) is 0 Å². The normalized spacial score (nSPS) is 17.9. The lowest BCUT2D eigenvalue weighted by Crippen LogP contribution is -2.46. The van der Waals surface area contributed by atoms with Gasteiger partial charge in [-0.1, -0.05) is 18.2 Å². The van der Waals surface area contributed by atoms with Gasteiger partial charge in [-0.25, -0.2) is 0 Å². The fourth-order valence-electron chi connectivity index (χ4n) is 2.64. The summed E-state index contributed by atoms with van der Waals surface area (Å²) in [6.45, 7) is 2.40. The van der Waals surface area contributed by atoms with E-state index in [1.165, 1.54) is 0 Å². The van der Waals surface area contributed by atoms with Crippen LogP contribution in [0.3, 0.4) is 0 Å². The van der Waals surface area contributed by atoms with Crippen molar-refractivity contribution < 1.29 is 22.8 Å². The minimum absolute atomic E-state index is 0.0404. The maximum atomic E-state index is 12.5. The number of anilines is 1. The van der Waals surface area contributed by atoms with E-state index in [0.29, 0.717) is 18.7 Å². The lowest BCUT2D eigenvalue weighted by Gasteiger charge is -2.27. The number of rotatable bonds is 3. The van der Waals surface area contributed by atoms with Crippen molar-refractivity contribution in [2.24, 2.45) is 0 Å². The molecule has 132 valence electrons. The van der Waals surface area contributed by atoms with Gasteiger partial charge in [0.15, 0.2) is 0 Å². The number of benzene rings is 1. The summed E-state index contributed by atoms with van der Waals surface area (Å²) in [5, 5.41) is 2.78. The third-order valence-electron chi connectivity index (χ3n) is 4.03. The van der Waals surface area contributed by atoms with E-state index in [9.17, 15) is 22.8 Å². The quantitative estimate of drug-likeness (QED) is 0.915. The van der Waals surface area contributed by atoms with E-state index in [0.717, 1.165) is 4.90 Å². The lowest BCUT2D eigenvalue weighted by atomic mass is 10.2. The highest BCUT2D eigenvalue weighted by Crippen LogP contribution is 2.20. The molecule has 1 atom stereocenters. The van der Waals surface area contributed by atoms with Crippen LogP contribution in [0, 0.1) is 0 Å². The third-order valence-corrected chi connectivity index (χ3v) is 4.03. The van der Waals surface area contributed by atoms with Gasteiger partial charge in [-0.2, -0.15) is 13.2 Å². The van der Waals surface area contributed by atoms with Crippen LogP contribution in [-0.2, 0) is 9.59 Å². The first kappa shape index (κ1) is 18.3. The summed E-state index contributed by atoms with van der Waals surface area (Å²) in [6, 6.07) is 8.46. The largest absolute Gasteiger partial charge is 0.471 e. The molecule has 5 nitrogen and oxygen atoms in total. The molecule has 1 aliphatic heterocycles. The Morgan fingerprint density at radius 2 is 1.75 bits per heavy atom. The van der Waals surface area contributed by atoms with E-state index in [4.69, 9.17) is 0 Å². The predicted octanol–water partition coefficient (Wildman–Crippen LogP) is 2.11. The Hall–Kier alpha value is -2.09. The summed E-state index contributed by atoms with van der Waals surface area (Å²) in [6.07, 6.45) is -4.46. The minimum Gasteiger partial charge on any atom is -0.334 e. The fourth-order valence-corrected chi connectivity index (χ4v) is 2.64. The van der Waals surface area contributed by atoms with Crippen molar-refractivity contribution in [3.8, 4) is 0 Å². The molecule has 1 heterocycles. The number of alkyl halides is 3. The van der Waals surface area contributed by atoms with Crippen molar-refractivity contribution in [2.45, 2.75) is 25.6 Å². The summed E-state index contributed by atoms with van der Waals surface area (Å²) in [5.41, 5.74) is 0.665. The van der Waals surface area contributed by atoms with Crippen LogP contribution in [0.25, 0.3) is 0 Å². The zero-order valence-electron chi connectivity index (χ0n) is 13.3. The van der Waals surface area contributed by atoms with Crippen LogP contribution in [-0.4, -0.2) is 60.0 Å². The van der Waals surface area contributed by atoms with Crippen molar-refractivity contribution in [1.29, 1.82) is 0 Å². The summed E-state index contributed by atoms with van der Waals surface area (Å²) in [5.74, 6) is -2.04. The van der Waals surface area contributed by atoms with Gasteiger partial charge in [-0.15, -0.1) is 0 Å². The molecule has 0 unspecified atom stereocenters. The number of carbonyl (C=O) groups is 2. The number of hydrogen-bond donors (Lipinski definition) is 1. The molecular formula is C16H20F3N3O2. The highest BCUT2D eigenvalue weighted by molar-refractivity contribution is 5.94. The van der Waals surface area contributed by atoms with Crippen LogP contribution in [0.1, 0.15) is 13.3 Å².